The molecule has 4 nitrogen and oxygen atoms in total. The summed E-state index contributed by atoms with van der Waals surface area (Å²) in [6.07, 6.45) is 5.69. The van der Waals surface area contributed by atoms with Gasteiger partial charge < -0.3 is 5.32 Å². The van der Waals surface area contributed by atoms with Crippen molar-refractivity contribution in [3.8, 4) is 0 Å². The second kappa shape index (κ2) is 7.66. The Kier molecular flexibility index (Phi) is 5.88. The molecule has 0 bridgehead atoms. The lowest BCUT2D eigenvalue weighted by atomic mass is 9.96. The van der Waals surface area contributed by atoms with Crippen molar-refractivity contribution in [1.82, 2.24) is 10.7 Å². The Morgan fingerprint density at radius 3 is 2.62 bits per heavy atom. The van der Waals surface area contributed by atoms with Crippen molar-refractivity contribution in [3.05, 3.63) is 33.8 Å². The van der Waals surface area contributed by atoms with Gasteiger partial charge in [-0.05, 0) is 31.9 Å². The van der Waals surface area contributed by atoms with Gasteiger partial charge in [-0.15, -0.1) is 0 Å². The van der Waals surface area contributed by atoms with Gasteiger partial charge in [0.15, 0.2) is 0 Å². The maximum Gasteiger partial charge on any atom is 0.335 e. The SMILES string of the molecule is C/C(=N\NC(=O)NC1CCCCC1)c1ccc(Cl)cc1Cl. The molecule has 0 saturated heterocycles. The average molecular weight is 328 g/mol. The van der Waals surface area contributed by atoms with Crippen LogP contribution in [0, 0.1) is 0 Å². The van der Waals surface area contributed by atoms with Gasteiger partial charge in [0.25, 0.3) is 0 Å². The molecule has 2 rings (SSSR count). The summed E-state index contributed by atoms with van der Waals surface area (Å²) in [4.78, 5) is 11.8. The number of nitrogens with one attached hydrogen (secondary N) is 2. The van der Waals surface area contributed by atoms with Crippen molar-refractivity contribution in [3.63, 3.8) is 0 Å². The quantitative estimate of drug-likeness (QED) is 0.629. The molecule has 0 spiro atoms. The lowest BCUT2D eigenvalue weighted by Gasteiger charge is -2.22. The third kappa shape index (κ3) is 4.90. The normalized spacial score (nSPS) is 16.6. The van der Waals surface area contributed by atoms with E-state index in [4.69, 9.17) is 23.2 Å². The smallest absolute Gasteiger partial charge is 0.334 e. The molecule has 1 fully saturated rings. The Morgan fingerprint density at radius 1 is 1.24 bits per heavy atom. The molecule has 1 aliphatic carbocycles. The summed E-state index contributed by atoms with van der Waals surface area (Å²) in [5.41, 5.74) is 3.90. The monoisotopic (exact) mass is 327 g/mol. The van der Waals surface area contributed by atoms with Crippen LogP contribution in [0.15, 0.2) is 23.3 Å². The van der Waals surface area contributed by atoms with Gasteiger partial charge in [-0.2, -0.15) is 5.10 Å². The molecule has 21 heavy (non-hydrogen) atoms. The van der Waals surface area contributed by atoms with Crippen molar-refractivity contribution in [2.45, 2.75) is 45.1 Å². The van der Waals surface area contributed by atoms with E-state index in [9.17, 15) is 4.79 Å². The van der Waals surface area contributed by atoms with Crippen LogP contribution in [0.2, 0.25) is 10.0 Å². The molecule has 0 heterocycles. The summed E-state index contributed by atoms with van der Waals surface area (Å²) in [6, 6.07) is 5.16. The van der Waals surface area contributed by atoms with Crippen LogP contribution in [0.4, 0.5) is 4.79 Å². The number of hydrazone groups is 1. The highest BCUT2D eigenvalue weighted by molar-refractivity contribution is 6.37. The lowest BCUT2D eigenvalue weighted by molar-refractivity contribution is 0.233. The maximum absolute atomic E-state index is 11.8. The standard InChI is InChI=1S/C15H19Cl2N3O/c1-10(13-8-7-11(16)9-14(13)17)19-20-15(21)18-12-5-3-2-4-6-12/h7-9,12H,2-6H2,1H3,(H2,18,20,21)/b19-10+. The van der Waals surface area contributed by atoms with E-state index in [0.29, 0.717) is 15.8 Å². The van der Waals surface area contributed by atoms with Crippen LogP contribution in [-0.2, 0) is 0 Å². The molecule has 0 atom stereocenters. The molecular weight excluding hydrogens is 309 g/mol. The highest BCUT2D eigenvalue weighted by Crippen LogP contribution is 2.21. The third-order valence-corrected chi connectivity index (χ3v) is 4.13. The number of hydrogen-bond donors (Lipinski definition) is 2. The first-order valence-corrected chi connectivity index (χ1v) is 7.88. The van der Waals surface area contributed by atoms with E-state index in [1.165, 1.54) is 19.3 Å². The Morgan fingerprint density at radius 2 is 1.95 bits per heavy atom. The second-order valence-corrected chi connectivity index (χ2v) is 6.09. The number of amides is 2. The molecule has 1 aromatic rings. The predicted molar refractivity (Wildman–Crippen MR) is 87.2 cm³/mol. The Labute approximate surface area is 134 Å². The Bertz CT molecular complexity index is 540. The van der Waals surface area contributed by atoms with Crippen LogP contribution in [0.3, 0.4) is 0 Å². The van der Waals surface area contributed by atoms with Crippen LogP contribution < -0.4 is 10.7 Å². The van der Waals surface area contributed by atoms with E-state index in [1.807, 2.05) is 0 Å². The van der Waals surface area contributed by atoms with Gasteiger partial charge in [-0.1, -0.05) is 48.5 Å². The fourth-order valence-electron chi connectivity index (χ4n) is 2.44. The zero-order valence-corrected chi connectivity index (χ0v) is 13.5. The zero-order valence-electron chi connectivity index (χ0n) is 12.0. The highest BCUT2D eigenvalue weighted by Gasteiger charge is 2.15. The summed E-state index contributed by atoms with van der Waals surface area (Å²) < 4.78 is 0. The molecular formula is C15H19Cl2N3O. The van der Waals surface area contributed by atoms with E-state index >= 15 is 0 Å². The van der Waals surface area contributed by atoms with E-state index in [-0.39, 0.29) is 12.1 Å². The number of halogens is 2. The minimum atomic E-state index is -0.272. The van der Waals surface area contributed by atoms with Gasteiger partial charge in [-0.3, -0.25) is 0 Å². The number of nitrogens with zero attached hydrogens (tertiary/aromatic N) is 1. The molecule has 114 valence electrons. The van der Waals surface area contributed by atoms with Crippen molar-refractivity contribution >= 4 is 34.9 Å². The third-order valence-electron chi connectivity index (χ3n) is 3.59. The molecule has 0 aromatic heterocycles. The number of carbonyl (C=O) groups excluding carboxylic acids is 1. The van der Waals surface area contributed by atoms with Crippen LogP contribution in [0.25, 0.3) is 0 Å². The maximum atomic E-state index is 11.8. The largest absolute Gasteiger partial charge is 0.335 e. The van der Waals surface area contributed by atoms with E-state index in [0.717, 1.165) is 18.4 Å². The number of carbonyl (C=O) groups is 1. The number of rotatable bonds is 3. The second-order valence-electron chi connectivity index (χ2n) is 5.24. The van der Waals surface area contributed by atoms with Crippen LogP contribution in [-0.4, -0.2) is 17.8 Å². The van der Waals surface area contributed by atoms with Crippen molar-refractivity contribution in [2.75, 3.05) is 0 Å². The minimum absolute atomic E-state index is 0.258. The fourth-order valence-corrected chi connectivity index (χ4v) is 2.99. The van der Waals surface area contributed by atoms with E-state index in [1.54, 1.807) is 25.1 Å². The van der Waals surface area contributed by atoms with Crippen molar-refractivity contribution in [2.24, 2.45) is 5.10 Å². The topological polar surface area (TPSA) is 53.5 Å². The molecule has 0 radical (unpaired) electrons. The van der Waals surface area contributed by atoms with Gasteiger partial charge in [-0.25, -0.2) is 10.2 Å². The first kappa shape index (κ1) is 16.1. The van der Waals surface area contributed by atoms with Gasteiger partial charge >= 0.3 is 6.03 Å². The van der Waals surface area contributed by atoms with Gasteiger partial charge in [0.2, 0.25) is 0 Å². The van der Waals surface area contributed by atoms with Gasteiger partial charge in [0, 0.05) is 16.6 Å². The molecule has 1 aliphatic rings. The predicted octanol–water partition coefficient (Wildman–Crippen LogP) is 4.35. The van der Waals surface area contributed by atoms with Crippen LogP contribution >= 0.6 is 23.2 Å². The van der Waals surface area contributed by atoms with Gasteiger partial charge in [0.05, 0.1) is 10.7 Å². The fraction of sp³-hybridized carbons (Fsp3) is 0.467. The average Bonchev–Trinajstić information content (AvgIpc) is 2.46. The van der Waals surface area contributed by atoms with Crippen LogP contribution in [0.5, 0.6) is 0 Å². The van der Waals surface area contributed by atoms with E-state index in [2.05, 4.69) is 15.8 Å². The van der Waals surface area contributed by atoms with Gasteiger partial charge in [0.1, 0.15) is 0 Å². The summed E-state index contributed by atoms with van der Waals surface area (Å²) in [5.74, 6) is 0. The zero-order chi connectivity index (χ0) is 15.2. The molecule has 0 unspecified atom stereocenters. The Balaban J connectivity index is 1.91. The number of benzene rings is 1. The summed E-state index contributed by atoms with van der Waals surface area (Å²) in [7, 11) is 0. The summed E-state index contributed by atoms with van der Waals surface area (Å²) in [5, 5.41) is 8.10. The number of hydrogen-bond acceptors (Lipinski definition) is 2. The highest BCUT2D eigenvalue weighted by atomic mass is 35.5. The molecule has 2 amide bonds. The first-order valence-electron chi connectivity index (χ1n) is 7.12. The van der Waals surface area contributed by atoms with Crippen molar-refractivity contribution < 1.29 is 4.79 Å². The molecule has 6 heteroatoms. The lowest BCUT2D eigenvalue weighted by Crippen LogP contribution is -2.41. The minimum Gasteiger partial charge on any atom is -0.334 e. The molecule has 2 N–H and O–H groups in total. The summed E-state index contributed by atoms with van der Waals surface area (Å²) >= 11 is 12.0. The van der Waals surface area contributed by atoms with Crippen molar-refractivity contribution in [1.29, 1.82) is 0 Å². The van der Waals surface area contributed by atoms with Crippen LogP contribution in [0.1, 0.15) is 44.6 Å². The summed E-state index contributed by atoms with van der Waals surface area (Å²) in [6.45, 7) is 1.79. The van der Waals surface area contributed by atoms with E-state index < -0.39 is 0 Å². The molecule has 0 aliphatic heterocycles. The Hall–Kier alpha value is -1.26. The number of urea groups is 1. The first-order chi connectivity index (χ1) is 10.1. The molecule has 1 saturated carbocycles. The molecule has 1 aromatic carbocycles.